The standard InChI is InChI=1S/C12H12FNOS/c1-15-9-5-2-4-8(13)11(9)12(14)10-6-3-7-16-10/h2-7,12H,14H2,1H3/t12-/m1/s1. The van der Waals surface area contributed by atoms with Crippen LogP contribution in [0.1, 0.15) is 16.5 Å². The zero-order valence-electron chi connectivity index (χ0n) is 8.81. The predicted molar refractivity (Wildman–Crippen MR) is 63.3 cm³/mol. The highest BCUT2D eigenvalue weighted by Crippen LogP contribution is 2.32. The molecule has 1 atom stereocenters. The number of hydrogen-bond donors (Lipinski definition) is 1. The second-order valence-corrected chi connectivity index (χ2v) is 4.33. The highest BCUT2D eigenvalue weighted by Gasteiger charge is 2.18. The second-order valence-electron chi connectivity index (χ2n) is 3.35. The first-order valence-corrected chi connectivity index (χ1v) is 5.73. The van der Waals surface area contributed by atoms with Crippen molar-refractivity contribution in [2.24, 2.45) is 5.73 Å². The Bertz CT molecular complexity index is 470. The van der Waals surface area contributed by atoms with E-state index in [2.05, 4.69) is 0 Å². The normalized spacial score (nSPS) is 12.4. The first-order valence-electron chi connectivity index (χ1n) is 4.85. The highest BCUT2D eigenvalue weighted by atomic mass is 32.1. The minimum atomic E-state index is -0.476. The molecule has 1 aromatic heterocycles. The van der Waals surface area contributed by atoms with Crippen molar-refractivity contribution in [2.75, 3.05) is 7.11 Å². The van der Waals surface area contributed by atoms with Crippen LogP contribution in [-0.4, -0.2) is 7.11 Å². The van der Waals surface area contributed by atoms with E-state index in [1.165, 1.54) is 24.5 Å². The van der Waals surface area contributed by atoms with Crippen molar-refractivity contribution in [1.29, 1.82) is 0 Å². The molecule has 2 nitrogen and oxygen atoms in total. The molecule has 16 heavy (non-hydrogen) atoms. The van der Waals surface area contributed by atoms with Gasteiger partial charge < -0.3 is 10.5 Å². The van der Waals surface area contributed by atoms with Crippen molar-refractivity contribution in [3.63, 3.8) is 0 Å². The second kappa shape index (κ2) is 4.63. The maximum absolute atomic E-state index is 13.7. The lowest BCUT2D eigenvalue weighted by molar-refractivity contribution is 0.402. The van der Waals surface area contributed by atoms with Gasteiger partial charge in [-0.1, -0.05) is 12.1 Å². The third-order valence-electron chi connectivity index (χ3n) is 2.39. The average Bonchev–Trinajstić information content (AvgIpc) is 2.81. The lowest BCUT2D eigenvalue weighted by Crippen LogP contribution is -2.13. The van der Waals surface area contributed by atoms with Crippen molar-refractivity contribution in [3.05, 3.63) is 52.0 Å². The van der Waals surface area contributed by atoms with Crippen LogP contribution in [0.15, 0.2) is 35.7 Å². The Morgan fingerprint density at radius 3 is 2.75 bits per heavy atom. The average molecular weight is 237 g/mol. The van der Waals surface area contributed by atoms with Gasteiger partial charge in [0.25, 0.3) is 0 Å². The summed E-state index contributed by atoms with van der Waals surface area (Å²) < 4.78 is 18.9. The van der Waals surface area contributed by atoms with Crippen LogP contribution in [0.5, 0.6) is 5.75 Å². The molecule has 2 aromatic rings. The van der Waals surface area contributed by atoms with E-state index < -0.39 is 6.04 Å². The largest absolute Gasteiger partial charge is 0.496 e. The Morgan fingerprint density at radius 1 is 1.31 bits per heavy atom. The first kappa shape index (κ1) is 11.1. The fraction of sp³-hybridized carbons (Fsp3) is 0.167. The zero-order chi connectivity index (χ0) is 11.5. The van der Waals surface area contributed by atoms with E-state index >= 15 is 0 Å². The maximum Gasteiger partial charge on any atom is 0.132 e. The molecule has 0 unspecified atom stereocenters. The Kier molecular flexibility index (Phi) is 3.22. The summed E-state index contributed by atoms with van der Waals surface area (Å²) >= 11 is 1.51. The number of rotatable bonds is 3. The molecule has 0 amide bonds. The molecule has 1 heterocycles. The first-order chi connectivity index (χ1) is 7.74. The molecule has 2 N–H and O–H groups in total. The van der Waals surface area contributed by atoms with E-state index in [1.807, 2.05) is 17.5 Å². The van der Waals surface area contributed by atoms with Crippen LogP contribution >= 0.6 is 11.3 Å². The number of ether oxygens (including phenoxy) is 1. The molecular weight excluding hydrogens is 225 g/mol. The topological polar surface area (TPSA) is 35.2 Å². The molecule has 84 valence electrons. The van der Waals surface area contributed by atoms with Crippen LogP contribution < -0.4 is 10.5 Å². The van der Waals surface area contributed by atoms with Gasteiger partial charge in [-0.25, -0.2) is 4.39 Å². The number of methoxy groups -OCH3 is 1. The smallest absolute Gasteiger partial charge is 0.132 e. The molecule has 0 fully saturated rings. The van der Waals surface area contributed by atoms with Gasteiger partial charge >= 0.3 is 0 Å². The van der Waals surface area contributed by atoms with Crippen LogP contribution in [0, 0.1) is 5.82 Å². The van der Waals surface area contributed by atoms with Crippen LogP contribution in [0.4, 0.5) is 4.39 Å². The van der Waals surface area contributed by atoms with Crippen molar-refractivity contribution in [2.45, 2.75) is 6.04 Å². The van der Waals surface area contributed by atoms with Gasteiger partial charge in [-0.05, 0) is 23.6 Å². The van der Waals surface area contributed by atoms with Gasteiger partial charge in [-0.2, -0.15) is 0 Å². The van der Waals surface area contributed by atoms with Crippen molar-refractivity contribution in [3.8, 4) is 5.75 Å². The Morgan fingerprint density at radius 2 is 2.12 bits per heavy atom. The highest BCUT2D eigenvalue weighted by molar-refractivity contribution is 7.10. The van der Waals surface area contributed by atoms with Crippen LogP contribution in [-0.2, 0) is 0 Å². The van der Waals surface area contributed by atoms with Gasteiger partial charge in [-0.3, -0.25) is 0 Å². The van der Waals surface area contributed by atoms with Crippen LogP contribution in [0.2, 0.25) is 0 Å². The molecule has 2 rings (SSSR count). The van der Waals surface area contributed by atoms with Crippen LogP contribution in [0.25, 0.3) is 0 Å². The summed E-state index contributed by atoms with van der Waals surface area (Å²) in [5.41, 5.74) is 6.44. The molecule has 0 saturated heterocycles. The molecule has 0 radical (unpaired) electrons. The van der Waals surface area contributed by atoms with Crippen molar-refractivity contribution in [1.82, 2.24) is 0 Å². The summed E-state index contributed by atoms with van der Waals surface area (Å²) in [6.07, 6.45) is 0. The van der Waals surface area contributed by atoms with Crippen LogP contribution in [0.3, 0.4) is 0 Å². The molecule has 0 aliphatic carbocycles. The molecule has 0 saturated carbocycles. The SMILES string of the molecule is COc1cccc(F)c1[C@H](N)c1cccs1. The molecule has 0 aliphatic heterocycles. The third-order valence-corrected chi connectivity index (χ3v) is 3.35. The van der Waals surface area contributed by atoms with Gasteiger partial charge in [0.2, 0.25) is 0 Å². The lowest BCUT2D eigenvalue weighted by Gasteiger charge is -2.15. The molecular formula is C12H12FNOS. The fourth-order valence-electron chi connectivity index (χ4n) is 1.61. The summed E-state index contributed by atoms with van der Waals surface area (Å²) in [5.74, 6) is 0.154. The van der Waals surface area contributed by atoms with E-state index in [9.17, 15) is 4.39 Å². The summed E-state index contributed by atoms with van der Waals surface area (Å²) in [7, 11) is 1.51. The van der Waals surface area contributed by atoms with Gasteiger partial charge in [0.15, 0.2) is 0 Å². The Balaban J connectivity index is 2.47. The number of hydrogen-bond acceptors (Lipinski definition) is 3. The minimum Gasteiger partial charge on any atom is -0.496 e. The number of thiophene rings is 1. The lowest BCUT2D eigenvalue weighted by atomic mass is 10.0. The summed E-state index contributed by atoms with van der Waals surface area (Å²) in [6, 6.07) is 8.03. The van der Waals surface area contributed by atoms with E-state index in [0.29, 0.717) is 11.3 Å². The minimum absolute atomic E-state index is 0.333. The summed E-state index contributed by atoms with van der Waals surface area (Å²) in [4.78, 5) is 0.920. The zero-order valence-corrected chi connectivity index (χ0v) is 9.63. The molecule has 0 bridgehead atoms. The third kappa shape index (κ3) is 1.94. The van der Waals surface area contributed by atoms with E-state index in [1.54, 1.807) is 12.1 Å². The van der Waals surface area contributed by atoms with Gasteiger partial charge in [0.1, 0.15) is 11.6 Å². The summed E-state index contributed by atoms with van der Waals surface area (Å²) in [5, 5.41) is 1.92. The Hall–Kier alpha value is -1.39. The van der Waals surface area contributed by atoms with E-state index in [0.717, 1.165) is 4.88 Å². The summed E-state index contributed by atoms with van der Waals surface area (Å²) in [6.45, 7) is 0. The fourth-order valence-corrected chi connectivity index (χ4v) is 2.34. The monoisotopic (exact) mass is 237 g/mol. The van der Waals surface area contributed by atoms with Gasteiger partial charge in [0.05, 0.1) is 18.7 Å². The van der Waals surface area contributed by atoms with Crippen molar-refractivity contribution >= 4 is 11.3 Å². The van der Waals surface area contributed by atoms with E-state index in [4.69, 9.17) is 10.5 Å². The molecule has 1 aromatic carbocycles. The predicted octanol–water partition coefficient (Wildman–Crippen LogP) is 2.94. The quantitative estimate of drug-likeness (QED) is 0.890. The number of benzene rings is 1. The van der Waals surface area contributed by atoms with E-state index in [-0.39, 0.29) is 5.82 Å². The molecule has 0 spiro atoms. The number of halogens is 1. The van der Waals surface area contributed by atoms with Crippen molar-refractivity contribution < 1.29 is 9.13 Å². The van der Waals surface area contributed by atoms with Gasteiger partial charge in [-0.15, -0.1) is 11.3 Å². The molecule has 0 aliphatic rings. The Labute approximate surface area is 97.5 Å². The van der Waals surface area contributed by atoms with Gasteiger partial charge in [0, 0.05) is 4.88 Å². The maximum atomic E-state index is 13.7. The number of nitrogens with two attached hydrogens (primary N) is 1. The molecule has 4 heteroatoms.